The van der Waals surface area contributed by atoms with E-state index in [-0.39, 0.29) is 6.61 Å². The van der Waals surface area contributed by atoms with Crippen LogP contribution in [0.4, 0.5) is 5.69 Å². The van der Waals surface area contributed by atoms with Crippen molar-refractivity contribution in [2.75, 3.05) is 11.9 Å². The van der Waals surface area contributed by atoms with Crippen molar-refractivity contribution in [2.45, 2.75) is 0 Å². The first kappa shape index (κ1) is 17.5. The summed E-state index contributed by atoms with van der Waals surface area (Å²) in [6.45, 7) is -0.353. The number of anilines is 1. The lowest BCUT2D eigenvalue weighted by Gasteiger charge is -2.07. The van der Waals surface area contributed by atoms with Gasteiger partial charge in [-0.2, -0.15) is 0 Å². The van der Waals surface area contributed by atoms with E-state index in [1.54, 1.807) is 6.07 Å². The fourth-order valence-corrected chi connectivity index (χ4v) is 2.97. The van der Waals surface area contributed by atoms with Crippen molar-refractivity contribution >= 4 is 28.5 Å². The number of H-pyrrole nitrogens is 1. The van der Waals surface area contributed by atoms with Crippen LogP contribution in [0, 0.1) is 0 Å². The van der Waals surface area contributed by atoms with Gasteiger partial charge in [0.05, 0.1) is 0 Å². The summed E-state index contributed by atoms with van der Waals surface area (Å²) in [5.41, 5.74) is 3.97. The van der Waals surface area contributed by atoms with Crippen molar-refractivity contribution in [3.05, 3.63) is 90.6 Å². The van der Waals surface area contributed by atoms with Gasteiger partial charge in [-0.25, -0.2) is 4.79 Å². The minimum Gasteiger partial charge on any atom is -0.451 e. The molecule has 0 aliphatic rings. The quantitative estimate of drug-likeness (QED) is 0.503. The fraction of sp³-hybridized carbons (Fsp3) is 0.0435. The van der Waals surface area contributed by atoms with E-state index in [1.807, 2.05) is 78.9 Å². The molecular weight excluding hydrogens is 352 g/mol. The molecule has 138 valence electrons. The summed E-state index contributed by atoms with van der Waals surface area (Å²) in [5, 5.41) is 3.64. The van der Waals surface area contributed by atoms with Gasteiger partial charge in [-0.1, -0.05) is 60.7 Å². The second-order valence-corrected chi connectivity index (χ2v) is 6.34. The van der Waals surface area contributed by atoms with Gasteiger partial charge >= 0.3 is 5.97 Å². The minimum atomic E-state index is -0.564. The van der Waals surface area contributed by atoms with Gasteiger partial charge in [0.25, 0.3) is 5.91 Å². The highest BCUT2D eigenvalue weighted by Crippen LogP contribution is 2.21. The third kappa shape index (κ3) is 3.94. The first-order valence-electron chi connectivity index (χ1n) is 8.89. The van der Waals surface area contributed by atoms with Crippen molar-refractivity contribution in [3.63, 3.8) is 0 Å². The Hall–Kier alpha value is -3.86. The van der Waals surface area contributed by atoms with Crippen LogP contribution in [-0.4, -0.2) is 23.5 Å². The summed E-state index contributed by atoms with van der Waals surface area (Å²) in [6.07, 6.45) is 0. The molecule has 4 aromatic rings. The van der Waals surface area contributed by atoms with Crippen LogP contribution in [0.2, 0.25) is 0 Å². The lowest BCUT2D eigenvalue weighted by Crippen LogP contribution is -2.21. The number of para-hydroxylation sites is 1. The van der Waals surface area contributed by atoms with Crippen LogP contribution in [0.25, 0.3) is 22.0 Å². The van der Waals surface area contributed by atoms with Crippen molar-refractivity contribution in [1.29, 1.82) is 0 Å². The van der Waals surface area contributed by atoms with Crippen LogP contribution in [-0.2, 0) is 9.53 Å². The van der Waals surface area contributed by atoms with Crippen LogP contribution >= 0.6 is 0 Å². The Balaban J connectivity index is 1.33. The molecule has 1 heterocycles. The Morgan fingerprint density at radius 2 is 1.50 bits per heavy atom. The van der Waals surface area contributed by atoms with Gasteiger partial charge < -0.3 is 15.0 Å². The number of rotatable bonds is 5. The number of esters is 1. The highest BCUT2D eigenvalue weighted by atomic mass is 16.5. The molecular formula is C23H18N2O3. The van der Waals surface area contributed by atoms with Crippen molar-refractivity contribution in [2.24, 2.45) is 0 Å². The number of carbonyl (C=O) groups excluding carboxylic acids is 2. The van der Waals surface area contributed by atoms with E-state index in [9.17, 15) is 9.59 Å². The topological polar surface area (TPSA) is 71.2 Å². The van der Waals surface area contributed by atoms with E-state index in [4.69, 9.17) is 4.74 Å². The Morgan fingerprint density at radius 3 is 2.25 bits per heavy atom. The molecule has 0 radical (unpaired) electrons. The largest absolute Gasteiger partial charge is 0.451 e. The maximum absolute atomic E-state index is 12.1. The second kappa shape index (κ2) is 7.80. The molecule has 0 spiro atoms. The van der Waals surface area contributed by atoms with Crippen LogP contribution in [0.5, 0.6) is 0 Å². The van der Waals surface area contributed by atoms with Gasteiger partial charge in [0.1, 0.15) is 5.69 Å². The number of hydrogen-bond donors (Lipinski definition) is 2. The predicted molar refractivity (Wildman–Crippen MR) is 109 cm³/mol. The summed E-state index contributed by atoms with van der Waals surface area (Å²) in [7, 11) is 0. The maximum atomic E-state index is 12.1. The average molecular weight is 370 g/mol. The molecule has 5 nitrogen and oxygen atoms in total. The first-order chi connectivity index (χ1) is 13.7. The molecule has 0 saturated carbocycles. The minimum absolute atomic E-state index is 0.321. The SMILES string of the molecule is O=C(COC(=O)c1cc2ccccc2[nH]1)Nc1ccc(-c2ccccc2)cc1. The van der Waals surface area contributed by atoms with Crippen molar-refractivity contribution in [3.8, 4) is 11.1 Å². The number of benzene rings is 3. The molecule has 4 rings (SSSR count). The Labute approximate surface area is 162 Å². The third-order valence-corrected chi connectivity index (χ3v) is 4.36. The summed E-state index contributed by atoms with van der Waals surface area (Å²) < 4.78 is 5.10. The molecule has 0 aliphatic carbocycles. The molecule has 5 heteroatoms. The number of fused-ring (bicyclic) bond motifs is 1. The number of aromatic nitrogens is 1. The van der Waals surface area contributed by atoms with Crippen molar-refractivity contribution in [1.82, 2.24) is 4.98 Å². The lowest BCUT2D eigenvalue weighted by molar-refractivity contribution is -0.119. The van der Waals surface area contributed by atoms with Crippen LogP contribution in [0.1, 0.15) is 10.5 Å². The number of aromatic amines is 1. The molecule has 0 atom stereocenters. The second-order valence-electron chi connectivity index (χ2n) is 6.34. The number of nitrogens with one attached hydrogen (secondary N) is 2. The molecule has 28 heavy (non-hydrogen) atoms. The first-order valence-corrected chi connectivity index (χ1v) is 8.89. The molecule has 1 amide bonds. The zero-order valence-corrected chi connectivity index (χ0v) is 15.0. The van der Waals surface area contributed by atoms with E-state index in [0.717, 1.165) is 22.0 Å². The lowest BCUT2D eigenvalue weighted by atomic mass is 10.1. The van der Waals surface area contributed by atoms with Gasteiger partial charge in [-0.3, -0.25) is 4.79 Å². The third-order valence-electron chi connectivity index (χ3n) is 4.36. The van der Waals surface area contributed by atoms with Gasteiger partial charge in [0.15, 0.2) is 6.61 Å². The van der Waals surface area contributed by atoms with E-state index in [0.29, 0.717) is 11.4 Å². The van der Waals surface area contributed by atoms with Crippen LogP contribution < -0.4 is 5.32 Å². The van der Waals surface area contributed by atoms with Gasteiger partial charge in [-0.15, -0.1) is 0 Å². The van der Waals surface area contributed by atoms with Crippen LogP contribution in [0.15, 0.2) is 84.9 Å². The normalized spacial score (nSPS) is 10.6. The van der Waals surface area contributed by atoms with Gasteiger partial charge in [-0.05, 0) is 35.4 Å². The molecule has 0 saturated heterocycles. The predicted octanol–water partition coefficient (Wildman–Crippen LogP) is 4.63. The number of hydrogen-bond acceptors (Lipinski definition) is 3. The van der Waals surface area contributed by atoms with E-state index in [2.05, 4.69) is 10.3 Å². The molecule has 0 fully saturated rings. The molecule has 0 unspecified atom stereocenters. The zero-order chi connectivity index (χ0) is 19.3. The van der Waals surface area contributed by atoms with Gasteiger partial charge in [0.2, 0.25) is 0 Å². The Bertz CT molecular complexity index is 1080. The van der Waals surface area contributed by atoms with E-state index in [1.165, 1.54) is 0 Å². The van der Waals surface area contributed by atoms with Crippen LogP contribution in [0.3, 0.4) is 0 Å². The molecule has 3 aromatic carbocycles. The van der Waals surface area contributed by atoms with Gasteiger partial charge in [0, 0.05) is 16.6 Å². The average Bonchev–Trinajstić information content (AvgIpc) is 3.18. The summed E-state index contributed by atoms with van der Waals surface area (Å²) >= 11 is 0. The molecule has 0 bridgehead atoms. The molecule has 0 aliphatic heterocycles. The summed E-state index contributed by atoms with van der Waals surface area (Å²) in [6, 6.07) is 26.7. The maximum Gasteiger partial charge on any atom is 0.355 e. The monoisotopic (exact) mass is 370 g/mol. The Kier molecular flexibility index (Phi) is 4.89. The highest BCUT2D eigenvalue weighted by Gasteiger charge is 2.13. The number of amides is 1. The van der Waals surface area contributed by atoms with Crippen molar-refractivity contribution < 1.29 is 14.3 Å². The fourth-order valence-electron chi connectivity index (χ4n) is 2.97. The smallest absolute Gasteiger partial charge is 0.355 e. The zero-order valence-electron chi connectivity index (χ0n) is 15.0. The number of carbonyl (C=O) groups is 2. The van der Waals surface area contributed by atoms with E-state index < -0.39 is 11.9 Å². The van der Waals surface area contributed by atoms with E-state index >= 15 is 0 Å². The number of ether oxygens (including phenoxy) is 1. The summed E-state index contributed by atoms with van der Waals surface area (Å²) in [4.78, 5) is 27.2. The highest BCUT2D eigenvalue weighted by molar-refractivity contribution is 5.97. The Morgan fingerprint density at radius 1 is 0.821 bits per heavy atom. The molecule has 1 aromatic heterocycles. The standard InChI is InChI=1S/C23H18N2O3/c26-22(15-28-23(27)21-14-18-8-4-5-9-20(18)25-21)24-19-12-10-17(11-13-19)16-6-2-1-3-7-16/h1-14,25H,15H2,(H,24,26). The summed E-state index contributed by atoms with van der Waals surface area (Å²) in [5.74, 6) is -0.956. The molecule has 2 N–H and O–H groups in total.